The van der Waals surface area contributed by atoms with Crippen LogP contribution in [0.2, 0.25) is 0 Å². The van der Waals surface area contributed by atoms with Crippen molar-refractivity contribution in [3.8, 4) is 0 Å². The summed E-state index contributed by atoms with van der Waals surface area (Å²) in [6.45, 7) is 6.09. The maximum atomic E-state index is 14.2. The molecule has 4 heteroatoms. The minimum Gasteiger partial charge on any atom is -0.348 e. The van der Waals surface area contributed by atoms with E-state index >= 15 is 0 Å². The first kappa shape index (κ1) is 15.4. The molecule has 2 heterocycles. The minimum atomic E-state index is -0.259. The Balaban J connectivity index is 2.07. The molecule has 0 amide bonds. The van der Waals surface area contributed by atoms with Gasteiger partial charge in [-0.05, 0) is 55.5 Å². The Labute approximate surface area is 135 Å². The summed E-state index contributed by atoms with van der Waals surface area (Å²) in [5.74, 6) is -0.223. The largest absolute Gasteiger partial charge is 0.348 e. The number of aromatic amines is 1. The normalized spacial score (nSPS) is 12.3. The lowest BCUT2D eigenvalue weighted by Gasteiger charge is -2.20. The van der Waals surface area contributed by atoms with E-state index in [9.17, 15) is 4.39 Å². The predicted octanol–water partition coefficient (Wildman–Crippen LogP) is 4.24. The molecular formula is C19H20FN3. The molecule has 0 saturated heterocycles. The molecule has 2 aromatic heterocycles. The van der Waals surface area contributed by atoms with Gasteiger partial charge in [0.1, 0.15) is 5.82 Å². The maximum absolute atomic E-state index is 14.2. The molecule has 3 nitrogen and oxygen atoms in total. The van der Waals surface area contributed by atoms with Crippen LogP contribution in [0.1, 0.15) is 39.6 Å². The molecule has 0 fully saturated rings. The van der Waals surface area contributed by atoms with E-state index in [2.05, 4.69) is 47.0 Å². The van der Waals surface area contributed by atoms with E-state index in [1.807, 2.05) is 19.2 Å². The van der Waals surface area contributed by atoms with Gasteiger partial charge >= 0.3 is 0 Å². The molecule has 3 rings (SSSR count). The van der Waals surface area contributed by atoms with Crippen LogP contribution in [-0.4, -0.2) is 15.0 Å². The van der Waals surface area contributed by atoms with Gasteiger partial charge in [-0.15, -0.1) is 0 Å². The van der Waals surface area contributed by atoms with Crippen molar-refractivity contribution in [3.05, 3.63) is 82.4 Å². The van der Waals surface area contributed by atoms with Crippen molar-refractivity contribution in [1.29, 1.82) is 0 Å². The van der Waals surface area contributed by atoms with Crippen LogP contribution in [0.25, 0.3) is 0 Å². The summed E-state index contributed by atoms with van der Waals surface area (Å²) in [6, 6.07) is 8.08. The van der Waals surface area contributed by atoms with Crippen LogP contribution >= 0.6 is 0 Å². The van der Waals surface area contributed by atoms with Crippen LogP contribution in [0, 0.1) is 26.6 Å². The monoisotopic (exact) mass is 309 g/mol. The van der Waals surface area contributed by atoms with Gasteiger partial charge in [-0.1, -0.05) is 18.2 Å². The highest BCUT2D eigenvalue weighted by molar-refractivity contribution is 5.40. The van der Waals surface area contributed by atoms with Crippen LogP contribution in [0.5, 0.6) is 0 Å². The lowest BCUT2D eigenvalue weighted by atomic mass is 9.85. The molecule has 0 spiro atoms. The number of H-pyrrole nitrogens is 1. The molecular weight excluding hydrogens is 289 g/mol. The summed E-state index contributed by atoms with van der Waals surface area (Å²) in [5.41, 5.74) is 6.16. The number of nitrogens with one attached hydrogen (secondary N) is 1. The molecule has 1 N–H and O–H groups in total. The van der Waals surface area contributed by atoms with Gasteiger partial charge in [0.2, 0.25) is 0 Å². The van der Waals surface area contributed by atoms with Crippen molar-refractivity contribution in [1.82, 2.24) is 15.0 Å². The quantitative estimate of drug-likeness (QED) is 0.783. The molecule has 1 atom stereocenters. The topological polar surface area (TPSA) is 41.6 Å². The van der Waals surface area contributed by atoms with Crippen molar-refractivity contribution in [2.24, 2.45) is 0 Å². The summed E-state index contributed by atoms with van der Waals surface area (Å²) in [4.78, 5) is 11.3. The number of aryl methyl sites for hydroxylation is 2. The average Bonchev–Trinajstić information content (AvgIpc) is 3.05. The van der Waals surface area contributed by atoms with Crippen molar-refractivity contribution >= 4 is 0 Å². The van der Waals surface area contributed by atoms with Crippen molar-refractivity contribution in [2.75, 3.05) is 0 Å². The van der Waals surface area contributed by atoms with Gasteiger partial charge in [0.25, 0.3) is 0 Å². The van der Waals surface area contributed by atoms with Gasteiger partial charge < -0.3 is 4.98 Å². The van der Waals surface area contributed by atoms with E-state index in [1.165, 1.54) is 22.9 Å². The average molecular weight is 309 g/mol. The van der Waals surface area contributed by atoms with Crippen LogP contribution in [0.4, 0.5) is 4.39 Å². The molecule has 0 aliphatic rings. The maximum Gasteiger partial charge on any atom is 0.144 e. The van der Waals surface area contributed by atoms with Gasteiger partial charge in [0.15, 0.2) is 0 Å². The van der Waals surface area contributed by atoms with Crippen molar-refractivity contribution in [3.63, 3.8) is 0 Å². The molecule has 0 bridgehead atoms. The number of hydrogen-bond acceptors (Lipinski definition) is 2. The fourth-order valence-electron chi connectivity index (χ4n) is 2.97. The molecule has 118 valence electrons. The van der Waals surface area contributed by atoms with Crippen LogP contribution < -0.4 is 0 Å². The zero-order valence-corrected chi connectivity index (χ0v) is 13.6. The van der Waals surface area contributed by atoms with E-state index in [1.54, 1.807) is 6.33 Å². The van der Waals surface area contributed by atoms with Crippen molar-refractivity contribution in [2.45, 2.75) is 33.1 Å². The smallest absolute Gasteiger partial charge is 0.144 e. The van der Waals surface area contributed by atoms with E-state index in [0.717, 1.165) is 11.4 Å². The number of halogens is 1. The van der Waals surface area contributed by atoms with Gasteiger partial charge in [-0.3, -0.25) is 4.98 Å². The fourth-order valence-corrected chi connectivity index (χ4v) is 2.97. The first-order valence-electron chi connectivity index (χ1n) is 7.71. The van der Waals surface area contributed by atoms with E-state index < -0.39 is 0 Å². The second kappa shape index (κ2) is 6.32. The summed E-state index contributed by atoms with van der Waals surface area (Å²) in [7, 11) is 0. The number of rotatable bonds is 4. The summed E-state index contributed by atoms with van der Waals surface area (Å²) in [6.07, 6.45) is 5.36. The number of hydrogen-bond donors (Lipinski definition) is 1. The first-order valence-corrected chi connectivity index (χ1v) is 7.71. The number of imidazole rings is 1. The molecule has 23 heavy (non-hydrogen) atoms. The third-order valence-corrected chi connectivity index (χ3v) is 4.41. The fraction of sp³-hybridized carbons (Fsp3) is 0.263. The van der Waals surface area contributed by atoms with E-state index in [0.29, 0.717) is 12.0 Å². The predicted molar refractivity (Wildman–Crippen MR) is 89.0 cm³/mol. The Bertz CT molecular complexity index is 809. The third kappa shape index (κ3) is 3.16. The Morgan fingerprint density at radius 3 is 2.74 bits per heavy atom. The minimum absolute atomic E-state index is 0.0358. The highest BCUT2D eigenvalue weighted by Crippen LogP contribution is 2.31. The highest BCUT2D eigenvalue weighted by atomic mass is 19.1. The van der Waals surface area contributed by atoms with Crippen LogP contribution in [0.3, 0.4) is 0 Å². The summed E-state index contributed by atoms with van der Waals surface area (Å²) in [5, 5.41) is 0. The molecule has 1 unspecified atom stereocenters. The Kier molecular flexibility index (Phi) is 4.24. The molecule has 1 aromatic carbocycles. The van der Waals surface area contributed by atoms with Crippen molar-refractivity contribution < 1.29 is 4.39 Å². The highest BCUT2D eigenvalue weighted by Gasteiger charge is 2.20. The first-order chi connectivity index (χ1) is 11.1. The van der Waals surface area contributed by atoms with Crippen LogP contribution in [-0.2, 0) is 6.42 Å². The van der Waals surface area contributed by atoms with Gasteiger partial charge in [-0.25, -0.2) is 9.37 Å². The Morgan fingerprint density at radius 1 is 1.17 bits per heavy atom. The Morgan fingerprint density at radius 2 is 2.00 bits per heavy atom. The molecule has 0 aliphatic carbocycles. The van der Waals surface area contributed by atoms with E-state index in [-0.39, 0.29) is 11.7 Å². The number of aromatic nitrogens is 3. The molecule has 0 saturated carbocycles. The van der Waals surface area contributed by atoms with E-state index in [4.69, 9.17) is 0 Å². The van der Waals surface area contributed by atoms with Crippen LogP contribution in [0.15, 0.2) is 43.0 Å². The van der Waals surface area contributed by atoms with Gasteiger partial charge in [0, 0.05) is 23.5 Å². The SMILES string of the molecule is Cc1cc(CC(c2cnc[nH]2)c2cccc(C)c2C)c(F)cn1. The molecule has 0 aliphatic heterocycles. The standard InChI is InChI=1S/C19H20FN3/c1-12-5-4-6-16(14(12)3)17(19-10-21-11-23-19)8-15-7-13(2)22-9-18(15)20/h4-7,9-11,17H,8H2,1-3H3,(H,21,23). The zero-order chi connectivity index (χ0) is 16.4. The molecule has 0 radical (unpaired) electrons. The lowest BCUT2D eigenvalue weighted by Crippen LogP contribution is -2.10. The second-order valence-corrected chi connectivity index (χ2v) is 5.97. The second-order valence-electron chi connectivity index (χ2n) is 5.97. The van der Waals surface area contributed by atoms with Gasteiger partial charge in [0.05, 0.1) is 12.5 Å². The third-order valence-electron chi connectivity index (χ3n) is 4.41. The summed E-state index contributed by atoms with van der Waals surface area (Å²) >= 11 is 0. The zero-order valence-electron chi connectivity index (χ0n) is 13.6. The molecule has 3 aromatic rings. The van der Waals surface area contributed by atoms with Gasteiger partial charge in [-0.2, -0.15) is 0 Å². The number of benzene rings is 1. The Hall–Kier alpha value is -2.49. The summed E-state index contributed by atoms with van der Waals surface area (Å²) < 4.78 is 14.2. The number of pyridine rings is 1. The lowest BCUT2D eigenvalue weighted by molar-refractivity contribution is 0.592. The number of nitrogens with zero attached hydrogens (tertiary/aromatic N) is 2.